The molecule has 0 bridgehead atoms. The maximum atomic E-state index is 10.6. The zero-order valence-corrected chi connectivity index (χ0v) is 17.5. The van der Waals surface area contributed by atoms with Gasteiger partial charge in [0.2, 0.25) is 0 Å². The summed E-state index contributed by atoms with van der Waals surface area (Å²) in [5, 5.41) is 14.8. The molecular weight excluding hydrogens is 421 g/mol. The third-order valence-electron chi connectivity index (χ3n) is 5.20. The van der Waals surface area contributed by atoms with Gasteiger partial charge in [0.05, 0.1) is 35.7 Å². The third-order valence-corrected chi connectivity index (χ3v) is 6.02. The standard InChI is InChI=1S/C17H24N4OS.C2HF3O2/c1-13-19-14(12-23-13)11-22-17-9-20(15-4-2-3-5-15)8-16-6-7-18-21(16)10-17;3-2(4,5)1(6)7/h6-7,12,15,17H,2-5,8-11H2,1H3;(H,6,7). The second-order valence-corrected chi connectivity index (χ2v) is 8.53. The molecular formula is C19H25F3N4O3S. The highest BCUT2D eigenvalue weighted by Crippen LogP contribution is 2.27. The smallest absolute Gasteiger partial charge is 0.475 e. The number of aryl methyl sites for hydroxylation is 1. The predicted molar refractivity (Wildman–Crippen MR) is 104 cm³/mol. The van der Waals surface area contributed by atoms with Crippen molar-refractivity contribution in [1.82, 2.24) is 19.7 Å². The van der Waals surface area contributed by atoms with Gasteiger partial charge in [-0.2, -0.15) is 18.3 Å². The van der Waals surface area contributed by atoms with Crippen molar-refractivity contribution < 1.29 is 27.8 Å². The van der Waals surface area contributed by atoms with Crippen molar-refractivity contribution in [2.45, 2.75) is 70.6 Å². The van der Waals surface area contributed by atoms with Crippen molar-refractivity contribution in [2.24, 2.45) is 0 Å². The first-order valence-electron chi connectivity index (χ1n) is 9.80. The highest BCUT2D eigenvalue weighted by molar-refractivity contribution is 7.09. The highest BCUT2D eigenvalue weighted by atomic mass is 32.1. The van der Waals surface area contributed by atoms with E-state index in [4.69, 9.17) is 14.6 Å². The first-order valence-corrected chi connectivity index (χ1v) is 10.7. The summed E-state index contributed by atoms with van der Waals surface area (Å²) < 4.78 is 40.1. The van der Waals surface area contributed by atoms with Crippen LogP contribution in [-0.2, 0) is 29.2 Å². The Morgan fingerprint density at radius 1 is 1.33 bits per heavy atom. The minimum atomic E-state index is -5.08. The van der Waals surface area contributed by atoms with Crippen molar-refractivity contribution in [3.05, 3.63) is 34.0 Å². The SMILES string of the molecule is Cc1nc(COC2CN(C3CCCC3)Cc3ccnn3C2)cs1.O=C(O)C(F)(F)F. The molecule has 30 heavy (non-hydrogen) atoms. The molecule has 1 aliphatic heterocycles. The van der Waals surface area contributed by atoms with Gasteiger partial charge in [0.25, 0.3) is 0 Å². The van der Waals surface area contributed by atoms with Crippen molar-refractivity contribution >= 4 is 17.3 Å². The topological polar surface area (TPSA) is 80.5 Å². The third kappa shape index (κ3) is 6.26. The number of thiazole rings is 1. The number of hydrogen-bond acceptors (Lipinski definition) is 6. The molecule has 7 nitrogen and oxygen atoms in total. The Bertz CT molecular complexity index is 833. The largest absolute Gasteiger partial charge is 0.490 e. The van der Waals surface area contributed by atoms with Crippen LogP contribution in [0.1, 0.15) is 42.1 Å². The average Bonchev–Trinajstić information content (AvgIpc) is 3.41. The molecule has 2 aliphatic rings. The van der Waals surface area contributed by atoms with Crippen molar-refractivity contribution in [1.29, 1.82) is 0 Å². The Kier molecular flexibility index (Phi) is 7.48. The number of carboxylic acids is 1. The molecule has 1 N–H and O–H groups in total. The summed E-state index contributed by atoms with van der Waals surface area (Å²) in [6.45, 7) is 5.48. The van der Waals surface area contributed by atoms with Crippen LogP contribution in [0, 0.1) is 6.92 Å². The molecule has 1 saturated carbocycles. The summed E-state index contributed by atoms with van der Waals surface area (Å²) in [5.74, 6) is -2.76. The number of alkyl halides is 3. The minimum Gasteiger partial charge on any atom is -0.475 e. The molecule has 166 valence electrons. The van der Waals surface area contributed by atoms with Gasteiger partial charge in [0.1, 0.15) is 0 Å². The molecule has 0 radical (unpaired) electrons. The van der Waals surface area contributed by atoms with Crippen LogP contribution in [0.3, 0.4) is 0 Å². The maximum absolute atomic E-state index is 10.6. The molecule has 0 amide bonds. The summed E-state index contributed by atoms with van der Waals surface area (Å²) in [6.07, 6.45) is 2.39. The number of ether oxygens (including phenoxy) is 1. The molecule has 0 spiro atoms. The Hall–Kier alpha value is -1.98. The Labute approximate surface area is 176 Å². The number of nitrogens with zero attached hydrogens (tertiary/aromatic N) is 4. The number of carboxylic acid groups (broad SMARTS) is 1. The highest BCUT2D eigenvalue weighted by Gasteiger charge is 2.38. The normalized spacial score (nSPS) is 20.3. The number of rotatable bonds is 4. The van der Waals surface area contributed by atoms with Gasteiger partial charge < -0.3 is 9.84 Å². The van der Waals surface area contributed by atoms with Crippen LogP contribution in [0.4, 0.5) is 13.2 Å². The fourth-order valence-electron chi connectivity index (χ4n) is 3.77. The lowest BCUT2D eigenvalue weighted by molar-refractivity contribution is -0.192. The number of hydrogen-bond donors (Lipinski definition) is 1. The number of aliphatic carboxylic acids is 1. The summed E-state index contributed by atoms with van der Waals surface area (Å²) in [6, 6.07) is 2.86. The quantitative estimate of drug-likeness (QED) is 0.773. The van der Waals surface area contributed by atoms with Gasteiger partial charge in [-0.05, 0) is 25.8 Å². The van der Waals surface area contributed by atoms with Crippen LogP contribution in [0.15, 0.2) is 17.6 Å². The number of halogens is 3. The lowest BCUT2D eigenvalue weighted by Gasteiger charge is -2.29. The molecule has 1 aliphatic carbocycles. The van der Waals surface area contributed by atoms with Crippen molar-refractivity contribution in [2.75, 3.05) is 6.54 Å². The zero-order chi connectivity index (χ0) is 21.7. The van der Waals surface area contributed by atoms with E-state index in [1.54, 1.807) is 11.3 Å². The Morgan fingerprint density at radius 3 is 2.63 bits per heavy atom. The molecule has 2 aromatic heterocycles. The molecule has 4 rings (SSSR count). The van der Waals surface area contributed by atoms with Gasteiger partial charge in [-0.15, -0.1) is 11.3 Å². The first-order chi connectivity index (χ1) is 14.2. The van der Waals surface area contributed by atoms with Crippen LogP contribution in [0.2, 0.25) is 0 Å². The second-order valence-electron chi connectivity index (χ2n) is 7.47. The molecule has 2 aromatic rings. The van der Waals surface area contributed by atoms with E-state index in [-0.39, 0.29) is 6.10 Å². The zero-order valence-electron chi connectivity index (χ0n) is 16.6. The van der Waals surface area contributed by atoms with Crippen molar-refractivity contribution in [3.8, 4) is 0 Å². The van der Waals surface area contributed by atoms with E-state index in [1.807, 2.05) is 13.1 Å². The molecule has 1 fully saturated rings. The molecule has 11 heteroatoms. The van der Waals surface area contributed by atoms with E-state index >= 15 is 0 Å². The predicted octanol–water partition coefficient (Wildman–Crippen LogP) is 3.62. The fraction of sp³-hybridized carbons (Fsp3) is 0.632. The van der Waals surface area contributed by atoms with Gasteiger partial charge >= 0.3 is 12.1 Å². The van der Waals surface area contributed by atoms with Gasteiger partial charge in [0, 0.05) is 30.7 Å². The monoisotopic (exact) mass is 446 g/mol. The lowest BCUT2D eigenvalue weighted by Crippen LogP contribution is -2.38. The van der Waals surface area contributed by atoms with Gasteiger partial charge in [-0.1, -0.05) is 12.8 Å². The molecule has 3 heterocycles. The first kappa shape index (κ1) is 22.7. The van der Waals surface area contributed by atoms with E-state index in [1.165, 1.54) is 31.4 Å². The van der Waals surface area contributed by atoms with E-state index < -0.39 is 12.1 Å². The Balaban J connectivity index is 0.000000318. The fourth-order valence-corrected chi connectivity index (χ4v) is 4.37. The van der Waals surface area contributed by atoms with E-state index in [9.17, 15) is 13.2 Å². The van der Waals surface area contributed by atoms with Crippen LogP contribution in [0.5, 0.6) is 0 Å². The minimum absolute atomic E-state index is 0.179. The van der Waals surface area contributed by atoms with Crippen LogP contribution in [-0.4, -0.2) is 55.6 Å². The van der Waals surface area contributed by atoms with E-state index in [2.05, 4.69) is 31.1 Å². The van der Waals surface area contributed by atoms with Crippen LogP contribution < -0.4 is 0 Å². The summed E-state index contributed by atoms with van der Waals surface area (Å²) >= 11 is 1.69. The lowest BCUT2D eigenvalue weighted by atomic mass is 10.2. The summed E-state index contributed by atoms with van der Waals surface area (Å²) in [4.78, 5) is 16.0. The van der Waals surface area contributed by atoms with E-state index in [0.29, 0.717) is 12.6 Å². The van der Waals surface area contributed by atoms with Crippen molar-refractivity contribution in [3.63, 3.8) is 0 Å². The van der Waals surface area contributed by atoms with Crippen LogP contribution in [0.25, 0.3) is 0 Å². The van der Waals surface area contributed by atoms with Crippen LogP contribution >= 0.6 is 11.3 Å². The number of fused-ring (bicyclic) bond motifs is 1. The summed E-state index contributed by atoms with van der Waals surface area (Å²) in [7, 11) is 0. The number of aromatic nitrogens is 3. The van der Waals surface area contributed by atoms with E-state index in [0.717, 1.165) is 30.3 Å². The molecule has 0 saturated heterocycles. The molecule has 1 unspecified atom stereocenters. The maximum Gasteiger partial charge on any atom is 0.490 e. The number of carbonyl (C=O) groups is 1. The second kappa shape index (κ2) is 9.88. The molecule has 0 aromatic carbocycles. The van der Waals surface area contributed by atoms with Gasteiger partial charge in [0.15, 0.2) is 0 Å². The Morgan fingerprint density at radius 2 is 2.03 bits per heavy atom. The average molecular weight is 446 g/mol. The van der Waals surface area contributed by atoms with Gasteiger partial charge in [-0.3, -0.25) is 9.58 Å². The summed E-state index contributed by atoms with van der Waals surface area (Å²) in [5.41, 5.74) is 2.36. The van der Waals surface area contributed by atoms with Gasteiger partial charge in [-0.25, -0.2) is 9.78 Å². The molecule has 1 atom stereocenters.